The van der Waals surface area contributed by atoms with E-state index in [9.17, 15) is 0 Å². The highest BCUT2D eigenvalue weighted by atomic mass is 35.5. The Hall–Kier alpha value is -2.73. The van der Waals surface area contributed by atoms with Crippen molar-refractivity contribution >= 4 is 35.5 Å². The van der Waals surface area contributed by atoms with Gasteiger partial charge in [-0.1, -0.05) is 0 Å². The second kappa shape index (κ2) is 9.82. The fourth-order valence-electron chi connectivity index (χ4n) is 4.07. The van der Waals surface area contributed by atoms with Crippen LogP contribution in [0.5, 0.6) is 0 Å². The van der Waals surface area contributed by atoms with E-state index in [2.05, 4.69) is 68.3 Å². The van der Waals surface area contributed by atoms with Gasteiger partial charge in [-0.2, -0.15) is 0 Å². The van der Waals surface area contributed by atoms with Crippen molar-refractivity contribution in [2.75, 3.05) is 36.0 Å². The maximum absolute atomic E-state index is 6.14. The molecule has 6 nitrogen and oxygen atoms in total. The molecule has 1 saturated heterocycles. The van der Waals surface area contributed by atoms with Crippen LogP contribution in [0.1, 0.15) is 43.2 Å². The Morgan fingerprint density at radius 1 is 0.625 bits per heavy atom. The summed E-state index contributed by atoms with van der Waals surface area (Å²) in [6.07, 6.45) is 5.82. The predicted molar refractivity (Wildman–Crippen MR) is 137 cm³/mol. The van der Waals surface area contributed by atoms with Crippen LogP contribution in [0.3, 0.4) is 0 Å². The highest BCUT2D eigenvalue weighted by Gasteiger charge is 2.22. The van der Waals surface area contributed by atoms with Crippen molar-refractivity contribution in [2.45, 2.75) is 44.2 Å². The number of rotatable bonds is 6. The van der Waals surface area contributed by atoms with Gasteiger partial charge in [-0.25, -0.2) is 0 Å². The molecule has 0 amide bonds. The molecule has 2 aromatic rings. The first-order valence-electron chi connectivity index (χ1n) is 11.5. The molecule has 5 rings (SSSR count). The Balaban J connectivity index is 0.00000245. The maximum Gasteiger partial charge on any atom is 0.125 e. The standard InChI is InChI=1S/C25H32N6.ClH/c26-24(28-20-6-7-20)18-2-10-22(11-3-18)30-14-1-15-31(17-16-30)23-12-4-19(5-13-23)25(27)29-21-8-9-21;/h2-5,10-13,20-21H,1,6-9,14-17H2,(H2,26,28)(H2,27,29);1H. The van der Waals surface area contributed by atoms with Gasteiger partial charge in [0.25, 0.3) is 0 Å². The quantitative estimate of drug-likeness (QED) is 0.518. The molecule has 0 spiro atoms. The van der Waals surface area contributed by atoms with Crippen molar-refractivity contribution in [2.24, 2.45) is 21.5 Å². The fourth-order valence-corrected chi connectivity index (χ4v) is 4.07. The van der Waals surface area contributed by atoms with E-state index in [1.807, 2.05) is 0 Å². The third-order valence-electron chi connectivity index (χ3n) is 6.29. The average molecular weight is 453 g/mol. The van der Waals surface area contributed by atoms with E-state index < -0.39 is 0 Å². The number of hydrogen-bond donors (Lipinski definition) is 2. The lowest BCUT2D eigenvalue weighted by Crippen LogP contribution is -2.30. The molecule has 2 aromatic carbocycles. The number of amidine groups is 2. The summed E-state index contributed by atoms with van der Waals surface area (Å²) < 4.78 is 0. The molecular weight excluding hydrogens is 420 g/mol. The van der Waals surface area contributed by atoms with E-state index >= 15 is 0 Å². The molecule has 1 heterocycles. The number of nitrogens with zero attached hydrogens (tertiary/aromatic N) is 4. The third-order valence-corrected chi connectivity index (χ3v) is 6.29. The summed E-state index contributed by atoms with van der Waals surface area (Å²) in [6.45, 7) is 4.11. The molecule has 0 radical (unpaired) electrons. The molecule has 0 atom stereocenters. The van der Waals surface area contributed by atoms with Gasteiger partial charge in [-0.05, 0) is 80.6 Å². The van der Waals surface area contributed by atoms with E-state index in [4.69, 9.17) is 11.5 Å². The molecule has 7 heteroatoms. The molecule has 0 bridgehead atoms. The Bertz CT molecular complexity index is 881. The van der Waals surface area contributed by atoms with Crippen LogP contribution >= 0.6 is 12.4 Å². The van der Waals surface area contributed by atoms with Gasteiger partial charge in [0.2, 0.25) is 0 Å². The average Bonchev–Trinajstić information content (AvgIpc) is 3.69. The molecule has 170 valence electrons. The number of halogens is 1. The van der Waals surface area contributed by atoms with Crippen molar-refractivity contribution in [3.05, 3.63) is 59.7 Å². The zero-order valence-electron chi connectivity index (χ0n) is 18.5. The van der Waals surface area contributed by atoms with Crippen molar-refractivity contribution in [1.82, 2.24) is 0 Å². The highest BCUT2D eigenvalue weighted by molar-refractivity contribution is 5.98. The van der Waals surface area contributed by atoms with Crippen molar-refractivity contribution in [3.63, 3.8) is 0 Å². The molecule has 0 aromatic heterocycles. The summed E-state index contributed by atoms with van der Waals surface area (Å²) in [6, 6.07) is 18.0. The van der Waals surface area contributed by atoms with Crippen LogP contribution in [-0.4, -0.2) is 49.9 Å². The number of aliphatic imine (C=N–C) groups is 2. The lowest BCUT2D eigenvalue weighted by Gasteiger charge is -2.25. The third kappa shape index (κ3) is 5.54. The van der Waals surface area contributed by atoms with Gasteiger partial charge in [0.05, 0.1) is 12.1 Å². The summed E-state index contributed by atoms with van der Waals surface area (Å²) in [5, 5.41) is 0. The minimum absolute atomic E-state index is 0. The van der Waals surface area contributed by atoms with Crippen LogP contribution in [0.4, 0.5) is 11.4 Å². The Kier molecular flexibility index (Phi) is 6.89. The maximum atomic E-state index is 6.14. The van der Waals surface area contributed by atoms with E-state index in [1.54, 1.807) is 0 Å². The summed E-state index contributed by atoms with van der Waals surface area (Å²) in [5.41, 5.74) is 16.8. The highest BCUT2D eigenvalue weighted by Crippen LogP contribution is 2.26. The van der Waals surface area contributed by atoms with Gasteiger partial charge in [0, 0.05) is 48.7 Å². The fraction of sp³-hybridized carbons (Fsp3) is 0.440. The van der Waals surface area contributed by atoms with Crippen LogP contribution in [0.25, 0.3) is 0 Å². The molecule has 4 N–H and O–H groups in total. The second-order valence-corrected chi connectivity index (χ2v) is 8.91. The lowest BCUT2D eigenvalue weighted by atomic mass is 10.1. The van der Waals surface area contributed by atoms with Crippen molar-refractivity contribution < 1.29 is 0 Å². The molecule has 2 aliphatic carbocycles. The first-order chi connectivity index (χ1) is 15.2. The number of hydrogen-bond acceptors (Lipinski definition) is 4. The van der Waals surface area contributed by atoms with Gasteiger partial charge in [-0.3, -0.25) is 9.98 Å². The normalized spacial score (nSPS) is 20.0. The van der Waals surface area contributed by atoms with E-state index in [0.29, 0.717) is 23.8 Å². The number of nitrogens with two attached hydrogens (primary N) is 2. The van der Waals surface area contributed by atoms with E-state index in [1.165, 1.54) is 37.1 Å². The second-order valence-electron chi connectivity index (χ2n) is 8.91. The van der Waals surface area contributed by atoms with E-state index in [-0.39, 0.29) is 12.4 Å². The zero-order chi connectivity index (χ0) is 21.2. The summed E-state index contributed by atoms with van der Waals surface area (Å²) >= 11 is 0. The smallest absolute Gasteiger partial charge is 0.125 e. The Morgan fingerprint density at radius 3 is 1.34 bits per heavy atom. The molecule has 3 aliphatic rings. The summed E-state index contributed by atoms with van der Waals surface area (Å²) in [4.78, 5) is 14.0. The minimum atomic E-state index is 0. The SMILES string of the molecule is Cl.NC(=NC1CC1)c1ccc(N2CCCN(c3ccc(C(N)=NC4CC4)cc3)CC2)cc1. The predicted octanol–water partition coefficient (Wildman–Crippen LogP) is 3.56. The van der Waals surface area contributed by atoms with E-state index in [0.717, 1.165) is 43.7 Å². The summed E-state index contributed by atoms with van der Waals surface area (Å²) in [7, 11) is 0. The number of benzene rings is 2. The topological polar surface area (TPSA) is 83.2 Å². The Morgan fingerprint density at radius 2 is 1.00 bits per heavy atom. The zero-order valence-corrected chi connectivity index (χ0v) is 19.3. The molecular formula is C25H33ClN6. The lowest BCUT2D eigenvalue weighted by molar-refractivity contribution is 0.806. The monoisotopic (exact) mass is 452 g/mol. The minimum Gasteiger partial charge on any atom is -0.383 e. The van der Waals surface area contributed by atoms with Crippen LogP contribution in [-0.2, 0) is 0 Å². The Labute approximate surface area is 196 Å². The van der Waals surface area contributed by atoms with Crippen molar-refractivity contribution in [1.29, 1.82) is 0 Å². The van der Waals surface area contributed by atoms with Crippen LogP contribution in [0.15, 0.2) is 58.5 Å². The van der Waals surface area contributed by atoms with Crippen LogP contribution in [0, 0.1) is 0 Å². The molecule has 1 aliphatic heterocycles. The number of anilines is 2. The molecule has 32 heavy (non-hydrogen) atoms. The first kappa shape index (κ1) is 22.5. The van der Waals surface area contributed by atoms with Crippen molar-refractivity contribution in [3.8, 4) is 0 Å². The molecule has 3 fully saturated rings. The van der Waals surface area contributed by atoms with Gasteiger partial charge in [0.1, 0.15) is 11.7 Å². The summed E-state index contributed by atoms with van der Waals surface area (Å²) in [5.74, 6) is 1.34. The largest absolute Gasteiger partial charge is 0.383 e. The van der Waals surface area contributed by atoms with Gasteiger partial charge < -0.3 is 21.3 Å². The van der Waals surface area contributed by atoms with Crippen LogP contribution in [0.2, 0.25) is 0 Å². The first-order valence-corrected chi connectivity index (χ1v) is 11.5. The molecule has 0 unspecified atom stereocenters. The van der Waals surface area contributed by atoms with Gasteiger partial charge in [0.15, 0.2) is 0 Å². The van der Waals surface area contributed by atoms with Gasteiger partial charge >= 0.3 is 0 Å². The molecule has 2 saturated carbocycles. The van der Waals surface area contributed by atoms with Gasteiger partial charge in [-0.15, -0.1) is 12.4 Å². The van der Waals surface area contributed by atoms with Crippen LogP contribution < -0.4 is 21.3 Å².